The molecule has 1 amide bonds. The SMILES string of the molecule is CCN(CC)C(=O)C(C#N)=Cc1ccc2c(c1)OCO2. The monoisotopic (exact) mass is 272 g/mol. The average Bonchev–Trinajstić information content (AvgIpc) is 2.93. The molecule has 2 rings (SSSR count). The van der Waals surface area contributed by atoms with E-state index in [-0.39, 0.29) is 18.3 Å². The zero-order chi connectivity index (χ0) is 14.5. The lowest BCUT2D eigenvalue weighted by molar-refractivity contribution is -0.126. The van der Waals surface area contributed by atoms with Gasteiger partial charge in [0.2, 0.25) is 6.79 Å². The number of nitriles is 1. The second kappa shape index (κ2) is 6.11. The first-order chi connectivity index (χ1) is 9.69. The minimum absolute atomic E-state index is 0.118. The highest BCUT2D eigenvalue weighted by molar-refractivity contribution is 6.01. The van der Waals surface area contributed by atoms with E-state index < -0.39 is 0 Å². The molecule has 1 aromatic carbocycles. The molecule has 0 aliphatic carbocycles. The molecule has 5 nitrogen and oxygen atoms in total. The third-order valence-electron chi connectivity index (χ3n) is 3.11. The number of hydrogen-bond acceptors (Lipinski definition) is 4. The van der Waals surface area contributed by atoms with Crippen LogP contribution >= 0.6 is 0 Å². The standard InChI is InChI=1S/C15H16N2O3/c1-3-17(4-2)15(18)12(9-16)7-11-5-6-13-14(8-11)20-10-19-13/h5-8H,3-4,10H2,1-2H3. The topological polar surface area (TPSA) is 62.6 Å². The smallest absolute Gasteiger partial charge is 0.264 e. The molecule has 0 saturated carbocycles. The van der Waals surface area contributed by atoms with Crippen molar-refractivity contribution in [3.63, 3.8) is 0 Å². The van der Waals surface area contributed by atoms with Gasteiger partial charge in [0.25, 0.3) is 5.91 Å². The Morgan fingerprint density at radius 2 is 2.05 bits per heavy atom. The van der Waals surface area contributed by atoms with Crippen LogP contribution in [0.5, 0.6) is 11.5 Å². The van der Waals surface area contributed by atoms with Gasteiger partial charge in [-0.3, -0.25) is 4.79 Å². The summed E-state index contributed by atoms with van der Waals surface area (Å²) in [6, 6.07) is 7.29. The van der Waals surface area contributed by atoms with Crippen molar-refractivity contribution in [2.45, 2.75) is 13.8 Å². The summed E-state index contributed by atoms with van der Waals surface area (Å²) in [6.07, 6.45) is 1.57. The lowest BCUT2D eigenvalue weighted by Gasteiger charge is -2.17. The van der Waals surface area contributed by atoms with Crippen LogP contribution in [0.25, 0.3) is 6.08 Å². The van der Waals surface area contributed by atoms with Gasteiger partial charge >= 0.3 is 0 Å². The average molecular weight is 272 g/mol. The molecule has 20 heavy (non-hydrogen) atoms. The summed E-state index contributed by atoms with van der Waals surface area (Å²) in [6.45, 7) is 5.13. The van der Waals surface area contributed by atoms with Crippen molar-refractivity contribution >= 4 is 12.0 Å². The predicted molar refractivity (Wildman–Crippen MR) is 74.1 cm³/mol. The molecule has 0 atom stereocenters. The highest BCUT2D eigenvalue weighted by atomic mass is 16.7. The molecule has 1 aliphatic rings. The number of carbonyl (C=O) groups excluding carboxylic acids is 1. The largest absolute Gasteiger partial charge is 0.454 e. The van der Waals surface area contributed by atoms with Gasteiger partial charge in [-0.2, -0.15) is 5.26 Å². The Hall–Kier alpha value is -2.48. The van der Waals surface area contributed by atoms with Crippen LogP contribution in [0.4, 0.5) is 0 Å². The first-order valence-corrected chi connectivity index (χ1v) is 6.50. The Kier molecular flexibility index (Phi) is 4.26. The van der Waals surface area contributed by atoms with Crippen LogP contribution in [0.3, 0.4) is 0 Å². The zero-order valence-electron chi connectivity index (χ0n) is 11.5. The number of rotatable bonds is 4. The Bertz CT molecular complexity index is 583. The zero-order valence-corrected chi connectivity index (χ0v) is 11.5. The van der Waals surface area contributed by atoms with Crippen molar-refractivity contribution in [2.75, 3.05) is 19.9 Å². The fourth-order valence-corrected chi connectivity index (χ4v) is 1.99. The van der Waals surface area contributed by atoms with E-state index in [0.29, 0.717) is 24.6 Å². The van der Waals surface area contributed by atoms with E-state index in [0.717, 1.165) is 5.56 Å². The van der Waals surface area contributed by atoms with Crippen LogP contribution in [0.2, 0.25) is 0 Å². The van der Waals surface area contributed by atoms with Crippen LogP contribution in [0.1, 0.15) is 19.4 Å². The molecule has 0 aromatic heterocycles. The number of benzene rings is 1. The molecule has 5 heteroatoms. The second-order valence-electron chi connectivity index (χ2n) is 4.26. The maximum absolute atomic E-state index is 12.2. The Morgan fingerprint density at radius 1 is 1.35 bits per heavy atom. The Balaban J connectivity index is 2.27. The summed E-state index contributed by atoms with van der Waals surface area (Å²) in [5, 5.41) is 9.17. The number of amides is 1. The normalized spacial score (nSPS) is 12.9. The minimum atomic E-state index is -0.254. The third-order valence-corrected chi connectivity index (χ3v) is 3.11. The second-order valence-corrected chi connectivity index (χ2v) is 4.26. The van der Waals surface area contributed by atoms with Gasteiger partial charge in [0, 0.05) is 13.1 Å². The molecule has 0 spiro atoms. The molecule has 0 N–H and O–H groups in total. The summed E-state index contributed by atoms with van der Waals surface area (Å²) in [4.78, 5) is 13.8. The van der Waals surface area contributed by atoms with E-state index in [9.17, 15) is 4.79 Å². The first-order valence-electron chi connectivity index (χ1n) is 6.50. The quantitative estimate of drug-likeness (QED) is 0.622. The van der Waals surface area contributed by atoms with Gasteiger partial charge in [-0.05, 0) is 37.6 Å². The van der Waals surface area contributed by atoms with Crippen molar-refractivity contribution in [3.05, 3.63) is 29.3 Å². The molecule has 0 fully saturated rings. The molecule has 1 aromatic rings. The number of likely N-dealkylation sites (N-methyl/N-ethyl adjacent to an activating group) is 1. The molecular weight excluding hydrogens is 256 g/mol. The van der Waals surface area contributed by atoms with Gasteiger partial charge in [0.05, 0.1) is 0 Å². The summed E-state index contributed by atoms with van der Waals surface area (Å²) >= 11 is 0. The van der Waals surface area contributed by atoms with Gasteiger partial charge < -0.3 is 14.4 Å². The van der Waals surface area contributed by atoms with E-state index in [4.69, 9.17) is 14.7 Å². The van der Waals surface area contributed by atoms with Crippen molar-refractivity contribution < 1.29 is 14.3 Å². The summed E-state index contributed by atoms with van der Waals surface area (Å²) in [5.41, 5.74) is 0.860. The molecular formula is C15H16N2O3. The molecule has 0 bridgehead atoms. The van der Waals surface area contributed by atoms with E-state index in [1.807, 2.05) is 19.9 Å². The van der Waals surface area contributed by atoms with E-state index in [2.05, 4.69) is 0 Å². The van der Waals surface area contributed by atoms with E-state index in [1.54, 1.807) is 29.2 Å². The van der Waals surface area contributed by atoms with E-state index in [1.165, 1.54) is 0 Å². The molecule has 0 saturated heterocycles. The lowest BCUT2D eigenvalue weighted by atomic mass is 10.1. The van der Waals surface area contributed by atoms with Crippen LogP contribution in [-0.2, 0) is 4.79 Å². The Labute approximate surface area is 118 Å². The number of fused-ring (bicyclic) bond motifs is 1. The minimum Gasteiger partial charge on any atom is -0.454 e. The Morgan fingerprint density at radius 3 is 2.70 bits per heavy atom. The van der Waals surface area contributed by atoms with Crippen molar-refractivity contribution in [2.24, 2.45) is 0 Å². The maximum atomic E-state index is 12.2. The summed E-state index contributed by atoms with van der Waals surface area (Å²) < 4.78 is 10.5. The first kappa shape index (κ1) is 13.9. The predicted octanol–water partition coefficient (Wildman–Crippen LogP) is 2.19. The van der Waals surface area contributed by atoms with Crippen LogP contribution in [-0.4, -0.2) is 30.7 Å². The van der Waals surface area contributed by atoms with Crippen LogP contribution < -0.4 is 9.47 Å². The van der Waals surface area contributed by atoms with Gasteiger partial charge in [-0.25, -0.2) is 0 Å². The highest BCUT2D eigenvalue weighted by Gasteiger charge is 2.17. The number of ether oxygens (including phenoxy) is 2. The number of nitrogens with zero attached hydrogens (tertiary/aromatic N) is 2. The molecule has 0 radical (unpaired) electrons. The van der Waals surface area contributed by atoms with E-state index >= 15 is 0 Å². The van der Waals surface area contributed by atoms with Gasteiger partial charge in [0.1, 0.15) is 11.6 Å². The number of hydrogen-bond donors (Lipinski definition) is 0. The molecule has 104 valence electrons. The maximum Gasteiger partial charge on any atom is 0.264 e. The van der Waals surface area contributed by atoms with Gasteiger partial charge in [0.15, 0.2) is 11.5 Å². The molecule has 1 aliphatic heterocycles. The summed E-state index contributed by atoms with van der Waals surface area (Å²) in [5.74, 6) is 1.05. The third kappa shape index (κ3) is 2.75. The van der Waals surface area contributed by atoms with Crippen LogP contribution in [0.15, 0.2) is 23.8 Å². The van der Waals surface area contributed by atoms with Crippen molar-refractivity contribution in [1.29, 1.82) is 5.26 Å². The highest BCUT2D eigenvalue weighted by Crippen LogP contribution is 2.33. The summed E-state index contributed by atoms with van der Waals surface area (Å²) in [7, 11) is 0. The van der Waals surface area contributed by atoms with Gasteiger partial charge in [-0.15, -0.1) is 0 Å². The fraction of sp³-hybridized carbons (Fsp3) is 0.333. The fourth-order valence-electron chi connectivity index (χ4n) is 1.99. The lowest BCUT2D eigenvalue weighted by Crippen LogP contribution is -2.31. The molecule has 1 heterocycles. The van der Waals surface area contributed by atoms with Gasteiger partial charge in [-0.1, -0.05) is 6.07 Å². The van der Waals surface area contributed by atoms with Crippen molar-refractivity contribution in [3.8, 4) is 17.6 Å². The number of carbonyl (C=O) groups is 1. The van der Waals surface area contributed by atoms with Crippen LogP contribution in [0, 0.1) is 11.3 Å². The van der Waals surface area contributed by atoms with Crippen molar-refractivity contribution in [1.82, 2.24) is 4.90 Å². The molecule has 0 unspecified atom stereocenters.